The van der Waals surface area contributed by atoms with E-state index in [1.807, 2.05) is 6.92 Å². The van der Waals surface area contributed by atoms with Gasteiger partial charge in [-0.25, -0.2) is 9.97 Å². The lowest BCUT2D eigenvalue weighted by Gasteiger charge is -2.20. The Bertz CT molecular complexity index is 1380. The van der Waals surface area contributed by atoms with Crippen molar-refractivity contribution >= 4 is 22.8 Å². The summed E-state index contributed by atoms with van der Waals surface area (Å²) >= 11 is 0. The van der Waals surface area contributed by atoms with E-state index in [0.29, 0.717) is 60.0 Å². The van der Waals surface area contributed by atoms with Crippen LogP contribution in [0.15, 0.2) is 24.5 Å². The van der Waals surface area contributed by atoms with Gasteiger partial charge in [0.1, 0.15) is 23.3 Å². The van der Waals surface area contributed by atoms with E-state index in [9.17, 15) is 22.8 Å². The molecule has 0 spiro atoms. The van der Waals surface area contributed by atoms with Gasteiger partial charge in [-0.3, -0.25) is 9.59 Å². The predicted octanol–water partition coefficient (Wildman–Crippen LogP) is 4.87. The largest absolute Gasteiger partial charge is 0.493 e. The number of ether oxygens (including phenoxy) is 1. The number of likely N-dealkylation sites (tertiary alicyclic amines) is 1. The van der Waals surface area contributed by atoms with Crippen LogP contribution in [0.1, 0.15) is 61.1 Å². The molecule has 0 bridgehead atoms. The van der Waals surface area contributed by atoms with E-state index in [4.69, 9.17) is 4.74 Å². The maximum Gasteiger partial charge on any atom is 0.416 e. The number of H-pyrrole nitrogens is 1. The first-order valence-electron chi connectivity index (χ1n) is 12.8. The van der Waals surface area contributed by atoms with Crippen LogP contribution in [0.25, 0.3) is 22.3 Å². The molecule has 1 saturated heterocycles. The fourth-order valence-corrected chi connectivity index (χ4v) is 5.06. The molecule has 2 N–H and O–H groups in total. The zero-order valence-corrected chi connectivity index (χ0v) is 21.5. The van der Waals surface area contributed by atoms with Gasteiger partial charge in [0.15, 0.2) is 0 Å². The zero-order chi connectivity index (χ0) is 27.2. The van der Waals surface area contributed by atoms with E-state index in [-0.39, 0.29) is 35.2 Å². The van der Waals surface area contributed by atoms with Crippen LogP contribution < -0.4 is 10.1 Å². The summed E-state index contributed by atoms with van der Waals surface area (Å²) in [4.78, 5) is 39.1. The Morgan fingerprint density at radius 3 is 2.68 bits per heavy atom. The van der Waals surface area contributed by atoms with Gasteiger partial charge in [-0.15, -0.1) is 0 Å². The first kappa shape index (κ1) is 26.0. The Morgan fingerprint density at radius 1 is 1.24 bits per heavy atom. The molecule has 5 rings (SSSR count). The average molecular weight is 530 g/mol. The van der Waals surface area contributed by atoms with Crippen molar-refractivity contribution < 1.29 is 27.5 Å². The molecule has 0 unspecified atom stereocenters. The minimum atomic E-state index is -4.54. The number of carbonyl (C=O) groups is 2. The molecule has 0 radical (unpaired) electrons. The number of halogens is 3. The molecule has 8 nitrogen and oxygen atoms in total. The van der Waals surface area contributed by atoms with Crippen LogP contribution in [-0.2, 0) is 11.0 Å². The Hall–Kier alpha value is -3.63. The normalized spacial score (nSPS) is 19.7. The number of aryl methyl sites for hydroxylation is 1. The third-order valence-corrected chi connectivity index (χ3v) is 7.26. The van der Waals surface area contributed by atoms with E-state index >= 15 is 0 Å². The summed E-state index contributed by atoms with van der Waals surface area (Å²) in [6.45, 7) is 6.31. The number of aromatic nitrogens is 3. The monoisotopic (exact) mass is 529 g/mol. The minimum Gasteiger partial charge on any atom is -0.493 e. The summed E-state index contributed by atoms with van der Waals surface area (Å²) in [5.41, 5.74) is 1.06. The van der Waals surface area contributed by atoms with Crippen LogP contribution >= 0.6 is 0 Å². The van der Waals surface area contributed by atoms with Crippen molar-refractivity contribution in [3.05, 3.63) is 41.3 Å². The van der Waals surface area contributed by atoms with Crippen LogP contribution in [0.4, 0.5) is 13.2 Å². The van der Waals surface area contributed by atoms with E-state index in [2.05, 4.69) is 20.3 Å². The summed E-state index contributed by atoms with van der Waals surface area (Å²) in [7, 11) is 0. The molecule has 1 aliphatic carbocycles. The van der Waals surface area contributed by atoms with Gasteiger partial charge in [-0.2, -0.15) is 13.2 Å². The Kier molecular flexibility index (Phi) is 6.79. The molecule has 2 aliphatic rings. The third-order valence-electron chi connectivity index (χ3n) is 7.26. The molecular formula is C27H30F3N5O3. The van der Waals surface area contributed by atoms with Gasteiger partial charge in [0.25, 0.3) is 5.91 Å². The van der Waals surface area contributed by atoms with E-state index < -0.39 is 11.7 Å². The smallest absolute Gasteiger partial charge is 0.416 e. The van der Waals surface area contributed by atoms with Crippen LogP contribution in [0.3, 0.4) is 0 Å². The third kappa shape index (κ3) is 5.06. The van der Waals surface area contributed by atoms with Gasteiger partial charge in [0, 0.05) is 36.3 Å². The van der Waals surface area contributed by atoms with Crippen molar-refractivity contribution in [2.24, 2.45) is 5.92 Å². The number of alkyl halides is 3. The highest BCUT2D eigenvalue weighted by Gasteiger charge is 2.35. The van der Waals surface area contributed by atoms with Crippen molar-refractivity contribution in [3.63, 3.8) is 0 Å². The summed E-state index contributed by atoms with van der Waals surface area (Å²) in [6, 6.07) is 3.14. The number of carbonyl (C=O) groups excluding carboxylic acids is 2. The van der Waals surface area contributed by atoms with Crippen molar-refractivity contribution in [2.45, 2.75) is 64.7 Å². The average Bonchev–Trinajstić information content (AvgIpc) is 3.54. The van der Waals surface area contributed by atoms with Gasteiger partial charge in [0.05, 0.1) is 23.3 Å². The van der Waals surface area contributed by atoms with Gasteiger partial charge in [0.2, 0.25) is 5.91 Å². The molecule has 202 valence electrons. The topological polar surface area (TPSA) is 100 Å². The Labute approximate surface area is 218 Å². The van der Waals surface area contributed by atoms with E-state index in [0.717, 1.165) is 25.0 Å². The minimum absolute atomic E-state index is 0.0145. The van der Waals surface area contributed by atoms with Gasteiger partial charge >= 0.3 is 6.18 Å². The van der Waals surface area contributed by atoms with Crippen molar-refractivity contribution in [2.75, 3.05) is 13.2 Å². The highest BCUT2D eigenvalue weighted by atomic mass is 19.4. The lowest BCUT2D eigenvalue weighted by Crippen LogP contribution is -2.39. The van der Waals surface area contributed by atoms with Crippen LogP contribution in [0.5, 0.6) is 5.75 Å². The number of benzene rings is 1. The molecule has 2 amide bonds. The Morgan fingerprint density at radius 2 is 2.00 bits per heavy atom. The number of rotatable bonds is 7. The number of aromatic amines is 1. The fraction of sp³-hybridized carbons (Fsp3) is 0.481. The van der Waals surface area contributed by atoms with E-state index in [1.54, 1.807) is 18.7 Å². The van der Waals surface area contributed by atoms with Crippen molar-refractivity contribution in [1.82, 2.24) is 25.2 Å². The van der Waals surface area contributed by atoms with Crippen LogP contribution in [-0.4, -0.2) is 56.9 Å². The second-order valence-electron chi connectivity index (χ2n) is 10.2. The second-order valence-corrected chi connectivity index (χ2v) is 10.2. The number of hydrogen-bond donors (Lipinski definition) is 2. The SMILES string of the molecule is CCC(=O)N1C[C@H](NC(=O)c2c(C)[nH]c3c(-c4cc(C(F)(F)F)ccc4OCC4CC4)ncnc23)C[C@H]1C. The molecule has 2 fully saturated rings. The molecule has 11 heteroatoms. The molecule has 2 atom stereocenters. The lowest BCUT2D eigenvalue weighted by molar-refractivity contribution is -0.137. The van der Waals surface area contributed by atoms with E-state index in [1.165, 1.54) is 12.4 Å². The summed E-state index contributed by atoms with van der Waals surface area (Å²) in [5.74, 6) is 0.371. The van der Waals surface area contributed by atoms with Gasteiger partial charge in [-0.05, 0) is 57.2 Å². The number of hydrogen-bond acceptors (Lipinski definition) is 5. The van der Waals surface area contributed by atoms with Crippen molar-refractivity contribution in [3.8, 4) is 17.0 Å². The predicted molar refractivity (Wildman–Crippen MR) is 135 cm³/mol. The Balaban J connectivity index is 1.49. The number of nitrogens with zero attached hydrogens (tertiary/aromatic N) is 3. The lowest BCUT2D eigenvalue weighted by atomic mass is 10.0. The van der Waals surface area contributed by atoms with Gasteiger partial charge in [-0.1, -0.05) is 6.92 Å². The molecule has 38 heavy (non-hydrogen) atoms. The molecule has 3 heterocycles. The van der Waals surface area contributed by atoms with Gasteiger partial charge < -0.3 is 19.9 Å². The molecule has 1 aliphatic heterocycles. The molecule has 2 aromatic heterocycles. The first-order valence-corrected chi connectivity index (χ1v) is 12.8. The number of fused-ring (bicyclic) bond motifs is 1. The molecular weight excluding hydrogens is 499 g/mol. The maximum atomic E-state index is 13.6. The second kappa shape index (κ2) is 9.92. The van der Waals surface area contributed by atoms with Crippen LogP contribution in [0, 0.1) is 12.8 Å². The number of nitrogens with one attached hydrogen (secondary N) is 2. The summed E-state index contributed by atoms with van der Waals surface area (Å²) in [5, 5.41) is 3.01. The highest BCUT2D eigenvalue weighted by molar-refractivity contribution is 6.09. The molecule has 3 aromatic rings. The molecule has 1 saturated carbocycles. The molecule has 1 aromatic carbocycles. The van der Waals surface area contributed by atoms with Crippen LogP contribution in [0.2, 0.25) is 0 Å². The maximum absolute atomic E-state index is 13.6. The zero-order valence-electron chi connectivity index (χ0n) is 21.5. The highest BCUT2D eigenvalue weighted by Crippen LogP contribution is 2.40. The number of amides is 2. The fourth-order valence-electron chi connectivity index (χ4n) is 5.06. The standard InChI is InChI=1S/C27H30F3N5O3/c1-4-21(36)35-11-18(9-14(35)2)34-26(37)22-15(3)33-25-23(31-13-32-24(22)25)19-10-17(27(28,29)30)7-8-20(19)38-12-16-5-6-16/h7-8,10,13-14,16,18,33H,4-6,9,11-12H2,1-3H3,(H,34,37)/t14-,18-/m1/s1. The first-order chi connectivity index (χ1) is 18.1. The summed E-state index contributed by atoms with van der Waals surface area (Å²) in [6.07, 6.45) is -0.207. The quantitative estimate of drug-likeness (QED) is 0.455. The van der Waals surface area contributed by atoms with Crippen molar-refractivity contribution in [1.29, 1.82) is 0 Å². The summed E-state index contributed by atoms with van der Waals surface area (Å²) < 4.78 is 46.7.